The van der Waals surface area contributed by atoms with Crippen LogP contribution in [0.4, 0.5) is 11.5 Å². The molecule has 1 amide bonds. The summed E-state index contributed by atoms with van der Waals surface area (Å²) in [6.45, 7) is 1.80. The SMILES string of the molecule is Cc1ccc(N)c(C(=O)Nc2ccn(C)n2)n1. The molecule has 3 N–H and O–H groups in total. The van der Waals surface area contributed by atoms with Crippen molar-refractivity contribution in [3.8, 4) is 0 Å². The summed E-state index contributed by atoms with van der Waals surface area (Å²) in [6, 6.07) is 5.12. The largest absolute Gasteiger partial charge is 0.397 e. The number of rotatable bonds is 2. The predicted molar refractivity (Wildman–Crippen MR) is 64.5 cm³/mol. The minimum atomic E-state index is -0.357. The Morgan fingerprint density at radius 1 is 1.41 bits per heavy atom. The number of carbonyl (C=O) groups is 1. The van der Waals surface area contributed by atoms with Gasteiger partial charge in [-0.05, 0) is 19.1 Å². The number of aromatic nitrogens is 3. The molecule has 2 rings (SSSR count). The number of nitrogens with two attached hydrogens (primary N) is 1. The second-order valence-corrected chi connectivity index (χ2v) is 3.72. The van der Waals surface area contributed by atoms with E-state index in [2.05, 4.69) is 15.4 Å². The lowest BCUT2D eigenvalue weighted by Crippen LogP contribution is -2.16. The molecule has 2 aromatic rings. The van der Waals surface area contributed by atoms with Gasteiger partial charge >= 0.3 is 0 Å². The van der Waals surface area contributed by atoms with E-state index in [1.54, 1.807) is 43.0 Å². The van der Waals surface area contributed by atoms with Gasteiger partial charge in [0.25, 0.3) is 5.91 Å². The van der Waals surface area contributed by atoms with Gasteiger partial charge in [-0.3, -0.25) is 9.48 Å². The number of anilines is 2. The van der Waals surface area contributed by atoms with Crippen molar-refractivity contribution >= 4 is 17.4 Å². The molecule has 2 aromatic heterocycles. The minimum Gasteiger partial charge on any atom is -0.397 e. The second kappa shape index (κ2) is 4.25. The molecule has 0 fully saturated rings. The van der Waals surface area contributed by atoms with E-state index in [9.17, 15) is 4.79 Å². The molecular formula is C11H13N5O. The van der Waals surface area contributed by atoms with Crippen molar-refractivity contribution in [1.29, 1.82) is 0 Å². The Morgan fingerprint density at radius 3 is 2.82 bits per heavy atom. The fourth-order valence-electron chi connectivity index (χ4n) is 1.41. The van der Waals surface area contributed by atoms with Gasteiger partial charge in [0.1, 0.15) is 0 Å². The number of nitrogens with zero attached hydrogens (tertiary/aromatic N) is 3. The van der Waals surface area contributed by atoms with Crippen LogP contribution in [0.2, 0.25) is 0 Å². The average Bonchev–Trinajstić information content (AvgIpc) is 2.67. The lowest BCUT2D eigenvalue weighted by atomic mass is 10.2. The molecule has 0 aliphatic carbocycles. The van der Waals surface area contributed by atoms with Crippen LogP contribution in [0.1, 0.15) is 16.2 Å². The van der Waals surface area contributed by atoms with E-state index in [1.165, 1.54) is 0 Å². The highest BCUT2D eigenvalue weighted by Crippen LogP contribution is 2.12. The fraction of sp³-hybridized carbons (Fsp3) is 0.182. The number of carbonyl (C=O) groups excluding carboxylic acids is 1. The molecule has 88 valence electrons. The first kappa shape index (κ1) is 11.1. The van der Waals surface area contributed by atoms with Crippen molar-refractivity contribution in [2.75, 3.05) is 11.1 Å². The third kappa shape index (κ3) is 2.41. The van der Waals surface area contributed by atoms with Crippen molar-refractivity contribution in [3.63, 3.8) is 0 Å². The lowest BCUT2D eigenvalue weighted by Gasteiger charge is -2.05. The molecule has 0 atom stereocenters. The van der Waals surface area contributed by atoms with Gasteiger partial charge in [-0.2, -0.15) is 5.10 Å². The maximum absolute atomic E-state index is 11.9. The Kier molecular flexibility index (Phi) is 2.78. The van der Waals surface area contributed by atoms with Crippen LogP contribution < -0.4 is 11.1 Å². The van der Waals surface area contributed by atoms with Gasteiger partial charge in [-0.15, -0.1) is 0 Å². The zero-order valence-electron chi connectivity index (χ0n) is 9.64. The maximum atomic E-state index is 11.9. The Bertz CT molecular complexity index is 561. The molecule has 6 heteroatoms. The van der Waals surface area contributed by atoms with E-state index in [1.807, 2.05) is 0 Å². The van der Waals surface area contributed by atoms with Gasteiger partial charge in [0.2, 0.25) is 0 Å². The third-order valence-electron chi connectivity index (χ3n) is 2.24. The van der Waals surface area contributed by atoms with Gasteiger partial charge in [-0.25, -0.2) is 4.98 Å². The molecular weight excluding hydrogens is 218 g/mol. The first-order valence-electron chi connectivity index (χ1n) is 5.10. The number of amides is 1. The molecule has 0 bridgehead atoms. The van der Waals surface area contributed by atoms with E-state index in [0.717, 1.165) is 5.69 Å². The van der Waals surface area contributed by atoms with Gasteiger partial charge < -0.3 is 11.1 Å². The van der Waals surface area contributed by atoms with Crippen LogP contribution in [0.25, 0.3) is 0 Å². The number of hydrogen-bond acceptors (Lipinski definition) is 4. The van der Waals surface area contributed by atoms with Crippen LogP contribution in [0.5, 0.6) is 0 Å². The third-order valence-corrected chi connectivity index (χ3v) is 2.24. The molecule has 17 heavy (non-hydrogen) atoms. The number of nitrogen functional groups attached to an aromatic ring is 1. The highest BCUT2D eigenvalue weighted by Gasteiger charge is 2.12. The molecule has 0 aromatic carbocycles. The highest BCUT2D eigenvalue weighted by atomic mass is 16.2. The zero-order valence-corrected chi connectivity index (χ0v) is 9.64. The lowest BCUT2D eigenvalue weighted by molar-refractivity contribution is 0.102. The predicted octanol–water partition coefficient (Wildman–Crippen LogP) is 0.958. The van der Waals surface area contributed by atoms with Gasteiger partial charge in [0, 0.05) is 25.0 Å². The van der Waals surface area contributed by atoms with E-state index in [4.69, 9.17) is 5.73 Å². The van der Waals surface area contributed by atoms with Gasteiger partial charge in [0.05, 0.1) is 5.69 Å². The maximum Gasteiger partial charge on any atom is 0.277 e. The van der Waals surface area contributed by atoms with Crippen LogP contribution in [0, 0.1) is 6.92 Å². The fourth-order valence-corrected chi connectivity index (χ4v) is 1.41. The van der Waals surface area contributed by atoms with Crippen molar-refractivity contribution < 1.29 is 4.79 Å². The van der Waals surface area contributed by atoms with Crippen LogP contribution in [0.15, 0.2) is 24.4 Å². The van der Waals surface area contributed by atoms with Crippen molar-refractivity contribution in [2.45, 2.75) is 6.92 Å². The normalized spacial score (nSPS) is 10.2. The first-order valence-corrected chi connectivity index (χ1v) is 5.10. The van der Waals surface area contributed by atoms with Gasteiger partial charge in [-0.1, -0.05) is 0 Å². The summed E-state index contributed by atoms with van der Waals surface area (Å²) in [7, 11) is 1.77. The number of aryl methyl sites for hydroxylation is 2. The van der Waals surface area contributed by atoms with E-state index in [-0.39, 0.29) is 11.6 Å². The van der Waals surface area contributed by atoms with E-state index in [0.29, 0.717) is 11.5 Å². The topological polar surface area (TPSA) is 85.8 Å². The second-order valence-electron chi connectivity index (χ2n) is 3.72. The van der Waals surface area contributed by atoms with Crippen molar-refractivity contribution in [2.24, 2.45) is 7.05 Å². The molecule has 0 unspecified atom stereocenters. The summed E-state index contributed by atoms with van der Waals surface area (Å²) < 4.78 is 1.60. The molecule has 6 nitrogen and oxygen atoms in total. The van der Waals surface area contributed by atoms with Crippen LogP contribution >= 0.6 is 0 Å². The van der Waals surface area contributed by atoms with E-state index < -0.39 is 0 Å². The molecule has 0 radical (unpaired) electrons. The Balaban J connectivity index is 2.22. The van der Waals surface area contributed by atoms with Gasteiger partial charge in [0.15, 0.2) is 11.5 Å². The van der Waals surface area contributed by atoms with Crippen molar-refractivity contribution in [1.82, 2.24) is 14.8 Å². The molecule has 0 saturated carbocycles. The zero-order chi connectivity index (χ0) is 12.4. The molecule has 0 aliphatic heterocycles. The minimum absolute atomic E-state index is 0.218. The number of pyridine rings is 1. The Morgan fingerprint density at radius 2 is 2.18 bits per heavy atom. The Hall–Kier alpha value is -2.37. The average molecular weight is 231 g/mol. The smallest absolute Gasteiger partial charge is 0.277 e. The Labute approximate surface area is 98.5 Å². The molecule has 2 heterocycles. The van der Waals surface area contributed by atoms with Crippen LogP contribution in [-0.4, -0.2) is 20.7 Å². The van der Waals surface area contributed by atoms with Crippen molar-refractivity contribution in [3.05, 3.63) is 35.8 Å². The summed E-state index contributed by atoms with van der Waals surface area (Å²) in [5.41, 5.74) is 7.01. The summed E-state index contributed by atoms with van der Waals surface area (Å²) >= 11 is 0. The highest BCUT2D eigenvalue weighted by molar-refractivity contribution is 6.05. The summed E-state index contributed by atoms with van der Waals surface area (Å²) in [4.78, 5) is 16.0. The monoisotopic (exact) mass is 231 g/mol. The summed E-state index contributed by atoms with van der Waals surface area (Å²) in [5.74, 6) is 0.116. The van der Waals surface area contributed by atoms with E-state index >= 15 is 0 Å². The molecule has 0 spiro atoms. The summed E-state index contributed by atoms with van der Waals surface area (Å²) in [6.07, 6.45) is 1.74. The molecule has 0 aliphatic rings. The summed E-state index contributed by atoms with van der Waals surface area (Å²) in [5, 5.41) is 6.68. The quantitative estimate of drug-likeness (QED) is 0.806. The number of hydrogen-bond donors (Lipinski definition) is 2. The molecule has 0 saturated heterocycles. The standard InChI is InChI=1S/C11H13N5O/c1-7-3-4-8(12)10(13-7)11(17)14-9-5-6-16(2)15-9/h3-6H,12H2,1-2H3,(H,14,15,17). The van der Waals surface area contributed by atoms with Crippen LogP contribution in [0.3, 0.4) is 0 Å². The number of nitrogens with one attached hydrogen (secondary N) is 1. The van der Waals surface area contributed by atoms with Crippen LogP contribution in [-0.2, 0) is 7.05 Å². The first-order chi connectivity index (χ1) is 8.06.